The molecule has 1 amide bonds. The van der Waals surface area contributed by atoms with E-state index in [0.717, 1.165) is 34.6 Å². The van der Waals surface area contributed by atoms with E-state index in [1.165, 1.54) is 0 Å². The third-order valence-corrected chi connectivity index (χ3v) is 7.11. The van der Waals surface area contributed by atoms with E-state index in [0.29, 0.717) is 35.3 Å². The van der Waals surface area contributed by atoms with Crippen molar-refractivity contribution in [3.8, 4) is 11.3 Å². The third kappa shape index (κ3) is 3.73. The molecule has 0 fully saturated rings. The zero-order valence-corrected chi connectivity index (χ0v) is 20.7. The zero-order chi connectivity index (χ0) is 25.9. The van der Waals surface area contributed by atoms with Crippen LogP contribution in [-0.4, -0.2) is 36.6 Å². The number of carbonyl (C=O) groups excluding carboxylic acids is 1. The summed E-state index contributed by atoms with van der Waals surface area (Å²) < 4.78 is 43.2. The quantitative estimate of drug-likeness (QED) is 0.349. The molecule has 186 valence electrons. The van der Waals surface area contributed by atoms with Crippen molar-refractivity contribution in [2.24, 2.45) is 7.05 Å². The normalized spacial score (nSPS) is 17.5. The van der Waals surface area contributed by atoms with Gasteiger partial charge in [0.15, 0.2) is 17.5 Å². The van der Waals surface area contributed by atoms with E-state index in [9.17, 15) is 18.0 Å². The average Bonchev–Trinajstić information content (AvgIpc) is 3.18. The number of hydrogen-bond acceptors (Lipinski definition) is 4. The number of amides is 1. The molecular formula is C27H26F3N5O. The molecule has 1 unspecified atom stereocenters. The first-order valence-corrected chi connectivity index (χ1v) is 11.9. The Labute approximate surface area is 206 Å². The Morgan fingerprint density at radius 1 is 1.03 bits per heavy atom. The van der Waals surface area contributed by atoms with Gasteiger partial charge in [-0.3, -0.25) is 9.48 Å². The zero-order valence-electron chi connectivity index (χ0n) is 20.7. The molecule has 0 saturated heterocycles. The van der Waals surface area contributed by atoms with Gasteiger partial charge in [0, 0.05) is 29.8 Å². The highest BCUT2D eigenvalue weighted by Crippen LogP contribution is 2.40. The number of hydrogen-bond donors (Lipinski definition) is 0. The third-order valence-electron chi connectivity index (χ3n) is 7.11. The number of carbonyl (C=O) groups is 1. The summed E-state index contributed by atoms with van der Waals surface area (Å²) >= 11 is 0. The predicted molar refractivity (Wildman–Crippen MR) is 130 cm³/mol. The number of aromatic nitrogens is 4. The highest BCUT2D eigenvalue weighted by molar-refractivity contribution is 5.98. The Kier molecular flexibility index (Phi) is 5.81. The molecule has 6 nitrogen and oxygen atoms in total. The second-order valence-electron chi connectivity index (χ2n) is 9.34. The lowest BCUT2D eigenvalue weighted by molar-refractivity contribution is 0.0545. The van der Waals surface area contributed by atoms with Gasteiger partial charge in [-0.2, -0.15) is 5.10 Å². The summed E-state index contributed by atoms with van der Waals surface area (Å²) in [5.74, 6) is -4.15. The number of halogens is 3. The summed E-state index contributed by atoms with van der Waals surface area (Å²) in [7, 11) is 1.68. The van der Waals surface area contributed by atoms with Crippen LogP contribution < -0.4 is 0 Å². The van der Waals surface area contributed by atoms with Crippen LogP contribution in [0.4, 0.5) is 13.2 Å². The molecule has 2 atom stereocenters. The summed E-state index contributed by atoms with van der Waals surface area (Å²) in [6, 6.07) is 6.75. The number of rotatable bonds is 3. The van der Waals surface area contributed by atoms with Gasteiger partial charge in [-0.15, -0.1) is 0 Å². The fourth-order valence-corrected chi connectivity index (χ4v) is 5.16. The standard InChI is InChI=1S/C27H26F3N5O/c1-6-18-12-19-25(33-34(5)26(19)17-9-20(28)24(30)21(29)10-17)15(4)35(18)27(36)16-7-8-22-23(11-16)32-14(3)13(2)31-22/h7-11,15,18H,6,12H2,1-5H3/t15-,18?/m0/s1. The molecule has 0 spiro atoms. The van der Waals surface area contributed by atoms with E-state index >= 15 is 0 Å². The first-order valence-electron chi connectivity index (χ1n) is 11.9. The summed E-state index contributed by atoms with van der Waals surface area (Å²) in [5.41, 5.74) is 5.74. The molecule has 36 heavy (non-hydrogen) atoms. The molecule has 1 aliphatic heterocycles. The lowest BCUT2D eigenvalue weighted by Crippen LogP contribution is -2.46. The van der Waals surface area contributed by atoms with Crippen molar-refractivity contribution in [1.82, 2.24) is 24.6 Å². The van der Waals surface area contributed by atoms with Gasteiger partial charge in [-0.1, -0.05) is 6.92 Å². The summed E-state index contributed by atoms with van der Waals surface area (Å²) in [5, 5.41) is 4.62. The lowest BCUT2D eigenvalue weighted by atomic mass is 9.88. The maximum absolute atomic E-state index is 14.0. The molecule has 9 heteroatoms. The van der Waals surface area contributed by atoms with E-state index in [-0.39, 0.29) is 23.6 Å². The topological polar surface area (TPSA) is 63.9 Å². The fraction of sp³-hybridized carbons (Fsp3) is 0.333. The van der Waals surface area contributed by atoms with Crippen LogP contribution in [0, 0.1) is 31.3 Å². The van der Waals surface area contributed by atoms with Crippen LogP contribution in [-0.2, 0) is 13.5 Å². The molecule has 1 aliphatic rings. The minimum absolute atomic E-state index is 0.145. The Balaban J connectivity index is 1.56. The molecule has 0 N–H and O–H groups in total. The molecule has 2 aromatic carbocycles. The van der Waals surface area contributed by atoms with Crippen LogP contribution in [0.2, 0.25) is 0 Å². The molecule has 0 radical (unpaired) electrons. The maximum atomic E-state index is 14.0. The van der Waals surface area contributed by atoms with Crippen molar-refractivity contribution in [3.05, 3.63) is 76.0 Å². The maximum Gasteiger partial charge on any atom is 0.254 e. The SMILES string of the molecule is CCC1Cc2c(nn(C)c2-c2cc(F)c(F)c(F)c2)[C@H](C)N1C(=O)c1ccc2nc(C)c(C)nc2c1. The lowest BCUT2D eigenvalue weighted by Gasteiger charge is -2.40. The second-order valence-corrected chi connectivity index (χ2v) is 9.34. The number of aryl methyl sites for hydroxylation is 3. The largest absolute Gasteiger partial charge is 0.327 e. The van der Waals surface area contributed by atoms with Gasteiger partial charge in [0.25, 0.3) is 5.91 Å². The van der Waals surface area contributed by atoms with Crippen LogP contribution >= 0.6 is 0 Å². The van der Waals surface area contributed by atoms with E-state index in [4.69, 9.17) is 0 Å². The Hall–Kier alpha value is -3.75. The van der Waals surface area contributed by atoms with E-state index in [2.05, 4.69) is 15.1 Å². The van der Waals surface area contributed by atoms with Crippen LogP contribution in [0.15, 0.2) is 30.3 Å². The van der Waals surface area contributed by atoms with Gasteiger partial charge in [0.2, 0.25) is 0 Å². The number of benzene rings is 2. The summed E-state index contributed by atoms with van der Waals surface area (Å²) in [6.07, 6.45) is 1.12. The van der Waals surface area contributed by atoms with E-state index in [1.54, 1.807) is 29.9 Å². The Morgan fingerprint density at radius 2 is 1.67 bits per heavy atom. The Bertz CT molecular complexity index is 1510. The molecular weight excluding hydrogens is 467 g/mol. The monoisotopic (exact) mass is 493 g/mol. The first-order chi connectivity index (χ1) is 17.1. The molecule has 2 aromatic heterocycles. The molecule has 0 bridgehead atoms. The second kappa shape index (κ2) is 8.72. The van der Waals surface area contributed by atoms with Crippen molar-refractivity contribution in [1.29, 1.82) is 0 Å². The minimum atomic E-state index is -1.50. The van der Waals surface area contributed by atoms with E-state index in [1.807, 2.05) is 32.6 Å². The number of nitrogens with zero attached hydrogens (tertiary/aromatic N) is 5. The predicted octanol–water partition coefficient (Wildman–Crippen LogP) is 5.60. The van der Waals surface area contributed by atoms with Gasteiger partial charge >= 0.3 is 0 Å². The molecule has 3 heterocycles. The van der Waals surface area contributed by atoms with Crippen molar-refractivity contribution >= 4 is 16.9 Å². The van der Waals surface area contributed by atoms with Gasteiger partial charge < -0.3 is 4.90 Å². The van der Waals surface area contributed by atoms with Crippen LogP contribution in [0.1, 0.15) is 59.3 Å². The summed E-state index contributed by atoms with van der Waals surface area (Å²) in [6.45, 7) is 7.67. The van der Waals surface area contributed by atoms with Crippen molar-refractivity contribution in [2.75, 3.05) is 0 Å². The van der Waals surface area contributed by atoms with Crippen molar-refractivity contribution < 1.29 is 18.0 Å². The molecule has 4 aromatic rings. The summed E-state index contributed by atoms with van der Waals surface area (Å²) in [4.78, 5) is 24.7. The molecule has 0 saturated carbocycles. The molecule has 0 aliphatic carbocycles. The highest BCUT2D eigenvalue weighted by atomic mass is 19.2. The van der Waals surface area contributed by atoms with E-state index < -0.39 is 17.5 Å². The van der Waals surface area contributed by atoms with Crippen LogP contribution in [0.5, 0.6) is 0 Å². The van der Waals surface area contributed by atoms with Gasteiger partial charge in [0.1, 0.15) is 0 Å². The number of fused-ring (bicyclic) bond motifs is 2. The van der Waals surface area contributed by atoms with Gasteiger partial charge in [0.05, 0.1) is 39.9 Å². The molecule has 5 rings (SSSR count). The van der Waals surface area contributed by atoms with Gasteiger partial charge in [-0.05, 0) is 63.9 Å². The van der Waals surface area contributed by atoms with Crippen molar-refractivity contribution in [3.63, 3.8) is 0 Å². The van der Waals surface area contributed by atoms with Crippen LogP contribution in [0.25, 0.3) is 22.3 Å². The fourth-order valence-electron chi connectivity index (χ4n) is 5.16. The Morgan fingerprint density at radius 3 is 2.31 bits per heavy atom. The van der Waals surface area contributed by atoms with Crippen LogP contribution in [0.3, 0.4) is 0 Å². The van der Waals surface area contributed by atoms with Crippen molar-refractivity contribution in [2.45, 2.75) is 52.6 Å². The van der Waals surface area contributed by atoms with Gasteiger partial charge in [-0.25, -0.2) is 23.1 Å². The minimum Gasteiger partial charge on any atom is -0.327 e. The smallest absolute Gasteiger partial charge is 0.254 e. The highest BCUT2D eigenvalue weighted by Gasteiger charge is 2.39. The first kappa shape index (κ1) is 24.0. The average molecular weight is 494 g/mol.